The molecule has 2 rings (SSSR count). The molecule has 1 saturated heterocycles. The predicted molar refractivity (Wildman–Crippen MR) is 75.3 cm³/mol. The molecule has 1 aliphatic heterocycles. The first-order valence-corrected chi connectivity index (χ1v) is 6.68. The van der Waals surface area contributed by atoms with Gasteiger partial charge in [0.2, 0.25) is 5.91 Å². The van der Waals surface area contributed by atoms with Crippen molar-refractivity contribution < 1.29 is 4.79 Å². The summed E-state index contributed by atoms with van der Waals surface area (Å²) in [5.74, 6) is 0.139. The molecule has 1 aromatic rings. The van der Waals surface area contributed by atoms with Crippen molar-refractivity contribution in [3.8, 4) is 6.07 Å². The minimum Gasteiger partial charge on any atom is -0.365 e. The van der Waals surface area contributed by atoms with Crippen molar-refractivity contribution in [1.29, 1.82) is 5.26 Å². The lowest BCUT2D eigenvalue weighted by molar-refractivity contribution is -0.128. The Labute approximate surface area is 118 Å². The van der Waals surface area contributed by atoms with E-state index in [1.807, 2.05) is 29.0 Å². The van der Waals surface area contributed by atoms with Crippen LogP contribution in [0.2, 0.25) is 5.02 Å². The normalized spacial score (nSPS) is 14.3. The number of halogens is 1. The van der Waals surface area contributed by atoms with Crippen molar-refractivity contribution in [3.63, 3.8) is 0 Å². The Balaban J connectivity index is 2.03. The molecule has 100 valence electrons. The summed E-state index contributed by atoms with van der Waals surface area (Å²) in [4.78, 5) is 15.8. The number of hydrogen-bond acceptors (Lipinski definition) is 3. The van der Waals surface area contributed by atoms with E-state index in [4.69, 9.17) is 16.9 Å². The van der Waals surface area contributed by atoms with Gasteiger partial charge in [0.15, 0.2) is 0 Å². The molecular formula is C14H16ClN3O. The lowest BCUT2D eigenvalue weighted by atomic mass is 10.2. The Bertz CT molecular complexity index is 518. The maximum atomic E-state index is 12.0. The molecule has 4 nitrogen and oxygen atoms in total. The van der Waals surface area contributed by atoms with Gasteiger partial charge in [-0.25, -0.2) is 0 Å². The molecule has 0 bridgehead atoms. The number of likely N-dealkylation sites (tertiary alicyclic amines) is 1. The molecule has 0 spiro atoms. The highest BCUT2D eigenvalue weighted by Gasteiger charge is 2.19. The average Bonchev–Trinajstić information content (AvgIpc) is 2.92. The van der Waals surface area contributed by atoms with Gasteiger partial charge in [0.05, 0.1) is 17.1 Å². The molecule has 1 heterocycles. The van der Waals surface area contributed by atoms with Crippen LogP contribution in [0.3, 0.4) is 0 Å². The van der Waals surface area contributed by atoms with E-state index in [0.717, 1.165) is 31.6 Å². The van der Waals surface area contributed by atoms with Gasteiger partial charge in [-0.1, -0.05) is 11.6 Å². The zero-order valence-electron chi connectivity index (χ0n) is 10.9. The van der Waals surface area contributed by atoms with Gasteiger partial charge in [0.25, 0.3) is 0 Å². The number of nitriles is 1. The molecular weight excluding hydrogens is 262 g/mol. The number of anilines is 1. The van der Waals surface area contributed by atoms with Crippen LogP contribution >= 0.6 is 11.6 Å². The third-order valence-corrected chi connectivity index (χ3v) is 3.66. The monoisotopic (exact) mass is 277 g/mol. The maximum absolute atomic E-state index is 12.0. The van der Waals surface area contributed by atoms with Gasteiger partial charge in [-0.05, 0) is 31.0 Å². The quantitative estimate of drug-likeness (QED) is 0.851. The fourth-order valence-corrected chi connectivity index (χ4v) is 2.41. The second-order valence-corrected chi connectivity index (χ2v) is 5.13. The maximum Gasteiger partial charge on any atom is 0.242 e. The predicted octanol–water partition coefficient (Wildman–Crippen LogP) is 2.27. The Morgan fingerprint density at radius 1 is 1.47 bits per heavy atom. The highest BCUT2D eigenvalue weighted by molar-refractivity contribution is 6.32. The molecule has 0 atom stereocenters. The van der Waals surface area contributed by atoms with Gasteiger partial charge in [-0.15, -0.1) is 0 Å². The minimum absolute atomic E-state index is 0.139. The molecule has 0 unspecified atom stereocenters. The number of carbonyl (C=O) groups excluding carboxylic acids is 1. The summed E-state index contributed by atoms with van der Waals surface area (Å²) < 4.78 is 0. The van der Waals surface area contributed by atoms with Gasteiger partial charge < -0.3 is 9.80 Å². The molecule has 0 radical (unpaired) electrons. The summed E-state index contributed by atoms with van der Waals surface area (Å²) in [6, 6.07) is 7.22. The average molecular weight is 278 g/mol. The third kappa shape index (κ3) is 3.18. The summed E-state index contributed by atoms with van der Waals surface area (Å²) >= 11 is 5.99. The first-order chi connectivity index (χ1) is 9.11. The molecule has 1 aromatic carbocycles. The second kappa shape index (κ2) is 5.94. The van der Waals surface area contributed by atoms with Crippen LogP contribution in [-0.2, 0) is 4.79 Å². The Morgan fingerprint density at radius 3 is 2.74 bits per heavy atom. The van der Waals surface area contributed by atoms with Crippen LogP contribution in [0.15, 0.2) is 18.2 Å². The van der Waals surface area contributed by atoms with Crippen LogP contribution in [0.1, 0.15) is 18.4 Å². The van der Waals surface area contributed by atoms with Crippen LogP contribution in [-0.4, -0.2) is 37.5 Å². The highest BCUT2D eigenvalue weighted by Crippen LogP contribution is 2.22. The fourth-order valence-electron chi connectivity index (χ4n) is 2.19. The summed E-state index contributed by atoms with van der Waals surface area (Å²) in [5.41, 5.74) is 1.29. The summed E-state index contributed by atoms with van der Waals surface area (Å²) in [6.07, 6.45) is 2.19. The van der Waals surface area contributed by atoms with Crippen molar-refractivity contribution >= 4 is 23.2 Å². The number of hydrogen-bond donors (Lipinski definition) is 0. The molecule has 5 heteroatoms. The number of carbonyl (C=O) groups is 1. The Kier molecular flexibility index (Phi) is 4.28. The van der Waals surface area contributed by atoms with Crippen molar-refractivity contribution in [1.82, 2.24) is 4.90 Å². The lowest BCUT2D eigenvalue weighted by Gasteiger charge is -2.23. The molecule has 0 N–H and O–H groups in total. The third-order valence-electron chi connectivity index (χ3n) is 3.35. The molecule has 1 fully saturated rings. The molecule has 19 heavy (non-hydrogen) atoms. The minimum atomic E-state index is 0.139. The summed E-state index contributed by atoms with van der Waals surface area (Å²) in [7, 11) is 1.85. The van der Waals surface area contributed by atoms with Crippen LogP contribution in [0, 0.1) is 11.3 Å². The lowest BCUT2D eigenvalue weighted by Crippen LogP contribution is -2.37. The van der Waals surface area contributed by atoms with E-state index >= 15 is 0 Å². The van der Waals surface area contributed by atoms with Crippen molar-refractivity contribution in [3.05, 3.63) is 28.8 Å². The van der Waals surface area contributed by atoms with Crippen LogP contribution < -0.4 is 4.90 Å². The second-order valence-electron chi connectivity index (χ2n) is 4.72. The summed E-state index contributed by atoms with van der Waals surface area (Å²) in [5, 5.41) is 9.25. The largest absolute Gasteiger partial charge is 0.365 e. The van der Waals surface area contributed by atoms with E-state index in [1.54, 1.807) is 12.1 Å². The summed E-state index contributed by atoms with van der Waals surface area (Å²) in [6.45, 7) is 2.06. The van der Waals surface area contributed by atoms with Gasteiger partial charge in [-0.3, -0.25) is 4.79 Å². The fraction of sp³-hybridized carbons (Fsp3) is 0.429. The SMILES string of the molecule is CN(CC(=O)N1CCCC1)c1ccc(C#N)c(Cl)c1. The first-order valence-electron chi connectivity index (χ1n) is 6.30. The number of amides is 1. The molecule has 0 saturated carbocycles. The number of rotatable bonds is 3. The van der Waals surface area contributed by atoms with E-state index in [2.05, 4.69) is 0 Å². The standard InChI is InChI=1S/C14H16ClN3O/c1-17(10-14(19)18-6-2-3-7-18)12-5-4-11(9-16)13(15)8-12/h4-5,8H,2-3,6-7,10H2,1H3. The van der Waals surface area contributed by atoms with Crippen LogP contribution in [0.5, 0.6) is 0 Å². The van der Waals surface area contributed by atoms with Crippen molar-refractivity contribution in [2.45, 2.75) is 12.8 Å². The van der Waals surface area contributed by atoms with Gasteiger partial charge in [0, 0.05) is 25.8 Å². The van der Waals surface area contributed by atoms with Crippen LogP contribution in [0.4, 0.5) is 5.69 Å². The Morgan fingerprint density at radius 2 is 2.16 bits per heavy atom. The Hall–Kier alpha value is -1.73. The van der Waals surface area contributed by atoms with Crippen molar-refractivity contribution in [2.24, 2.45) is 0 Å². The van der Waals surface area contributed by atoms with Gasteiger partial charge in [-0.2, -0.15) is 5.26 Å². The van der Waals surface area contributed by atoms with E-state index in [0.29, 0.717) is 17.1 Å². The van der Waals surface area contributed by atoms with E-state index < -0.39 is 0 Å². The smallest absolute Gasteiger partial charge is 0.242 e. The van der Waals surface area contributed by atoms with E-state index in [1.165, 1.54) is 0 Å². The topological polar surface area (TPSA) is 47.3 Å². The van der Waals surface area contributed by atoms with Gasteiger partial charge in [0.1, 0.15) is 6.07 Å². The zero-order chi connectivity index (χ0) is 13.8. The van der Waals surface area contributed by atoms with E-state index in [9.17, 15) is 4.79 Å². The van der Waals surface area contributed by atoms with Crippen molar-refractivity contribution in [2.75, 3.05) is 31.6 Å². The zero-order valence-corrected chi connectivity index (χ0v) is 11.7. The number of likely N-dealkylation sites (N-methyl/N-ethyl adjacent to an activating group) is 1. The molecule has 1 amide bonds. The van der Waals surface area contributed by atoms with Gasteiger partial charge >= 0.3 is 0 Å². The first kappa shape index (κ1) is 13.7. The highest BCUT2D eigenvalue weighted by atomic mass is 35.5. The number of nitrogens with zero attached hydrogens (tertiary/aromatic N) is 3. The number of benzene rings is 1. The molecule has 0 aromatic heterocycles. The van der Waals surface area contributed by atoms with Crippen LogP contribution in [0.25, 0.3) is 0 Å². The van der Waals surface area contributed by atoms with E-state index in [-0.39, 0.29) is 5.91 Å². The molecule has 0 aliphatic carbocycles. The molecule has 1 aliphatic rings.